The Balaban J connectivity index is 1.58. The van der Waals surface area contributed by atoms with Crippen molar-refractivity contribution in [1.29, 1.82) is 15.8 Å². The number of rotatable bonds is 7. The molecule has 2 aromatic heterocycles. The Morgan fingerprint density at radius 1 is 0.564 bits per heavy atom. The van der Waals surface area contributed by atoms with Crippen LogP contribution in [0.15, 0.2) is 115 Å². The number of nitriles is 3. The van der Waals surface area contributed by atoms with Crippen molar-refractivity contribution in [3.63, 3.8) is 0 Å². The zero-order chi connectivity index (χ0) is 27.0. The van der Waals surface area contributed by atoms with Crippen LogP contribution < -0.4 is 10.4 Å². The third kappa shape index (κ3) is 5.57. The molecule has 3 aromatic carbocycles. The van der Waals surface area contributed by atoms with Crippen LogP contribution in [0.1, 0.15) is 28.2 Å². The molecule has 0 aliphatic carbocycles. The van der Waals surface area contributed by atoms with Crippen LogP contribution in [0.2, 0.25) is 0 Å². The lowest BCUT2D eigenvalue weighted by Crippen LogP contribution is -2.16. The summed E-state index contributed by atoms with van der Waals surface area (Å²) in [6.45, 7) is 1.42. The van der Waals surface area contributed by atoms with Crippen LogP contribution in [0.4, 0.5) is 0 Å². The van der Waals surface area contributed by atoms with Gasteiger partial charge in [-0.15, -0.1) is 0 Å². The summed E-state index contributed by atoms with van der Waals surface area (Å²) >= 11 is 0. The molecule has 0 fully saturated rings. The summed E-state index contributed by atoms with van der Waals surface area (Å²) < 4.78 is 4.48. The third-order valence-corrected chi connectivity index (χ3v) is 6.79. The predicted octanol–water partition coefficient (Wildman–Crippen LogP) is 4.90. The van der Waals surface area contributed by atoms with E-state index in [0.717, 1.165) is 28.7 Å². The van der Waals surface area contributed by atoms with E-state index in [1.54, 1.807) is 24.3 Å². The molecule has 5 rings (SSSR count). The summed E-state index contributed by atoms with van der Waals surface area (Å²) in [7, 11) is 0. The molecule has 0 amide bonds. The standard InChI is InChI=1S/C34H25N5/c35-21-30(22-36)28-13-15-29(16-14-28)33(23-37)34-18-17-32(39(34)25-27-10-5-2-6-11-27)20-31-12-7-19-38(31)24-26-8-3-1-4-9-26/h1-19H,20,24-25H2. The topological polar surface area (TPSA) is 81.2 Å². The maximum absolute atomic E-state index is 10.3. The number of hydrogen-bond acceptors (Lipinski definition) is 3. The second kappa shape index (κ2) is 11.7. The first-order valence-electron chi connectivity index (χ1n) is 12.7. The van der Waals surface area contributed by atoms with Crippen LogP contribution in [0.5, 0.6) is 0 Å². The highest BCUT2D eigenvalue weighted by molar-refractivity contribution is 5.76. The average molecular weight is 504 g/mol. The van der Waals surface area contributed by atoms with Crippen LogP contribution in [0, 0.1) is 34.0 Å². The van der Waals surface area contributed by atoms with E-state index < -0.39 is 0 Å². The molecule has 186 valence electrons. The van der Waals surface area contributed by atoms with Crippen molar-refractivity contribution in [2.75, 3.05) is 0 Å². The van der Waals surface area contributed by atoms with Gasteiger partial charge in [0.05, 0.1) is 11.3 Å². The molecule has 0 saturated heterocycles. The van der Waals surface area contributed by atoms with Crippen molar-refractivity contribution >= 4 is 11.1 Å². The van der Waals surface area contributed by atoms with E-state index in [9.17, 15) is 15.8 Å². The van der Waals surface area contributed by atoms with E-state index >= 15 is 0 Å². The Labute approximate surface area is 227 Å². The van der Waals surface area contributed by atoms with Crippen molar-refractivity contribution in [3.8, 4) is 18.2 Å². The highest BCUT2D eigenvalue weighted by atomic mass is 15.0. The maximum atomic E-state index is 10.3. The molecule has 0 aliphatic rings. The molecule has 0 N–H and O–H groups in total. The normalized spacial score (nSPS) is 10.3. The zero-order valence-corrected chi connectivity index (χ0v) is 21.3. The predicted molar refractivity (Wildman–Crippen MR) is 151 cm³/mol. The fourth-order valence-corrected chi connectivity index (χ4v) is 4.79. The Bertz CT molecular complexity index is 1810. The number of benzene rings is 3. The van der Waals surface area contributed by atoms with Crippen LogP contribution >= 0.6 is 0 Å². The van der Waals surface area contributed by atoms with Gasteiger partial charge in [-0.1, -0.05) is 84.9 Å². The van der Waals surface area contributed by atoms with E-state index in [1.165, 1.54) is 11.3 Å². The molecular formula is C34H25N5. The first-order chi connectivity index (χ1) is 19.2. The van der Waals surface area contributed by atoms with Gasteiger partial charge in [0.25, 0.3) is 0 Å². The van der Waals surface area contributed by atoms with E-state index in [-0.39, 0.29) is 5.57 Å². The summed E-state index contributed by atoms with van der Waals surface area (Å²) in [4.78, 5) is 0. The summed E-state index contributed by atoms with van der Waals surface area (Å²) in [6, 6.07) is 42.2. The van der Waals surface area contributed by atoms with E-state index in [0.29, 0.717) is 23.8 Å². The molecule has 5 aromatic rings. The second-order valence-corrected chi connectivity index (χ2v) is 9.23. The first-order valence-corrected chi connectivity index (χ1v) is 12.7. The van der Waals surface area contributed by atoms with Gasteiger partial charge in [-0.2, -0.15) is 15.8 Å². The second-order valence-electron chi connectivity index (χ2n) is 9.23. The van der Waals surface area contributed by atoms with Crippen LogP contribution in [0.25, 0.3) is 11.1 Å². The molecule has 0 atom stereocenters. The SMILES string of the molecule is N#CC(C#N)=c1ccc(=C(C#N)c2ccc(Cc3cccn3Cc3ccccc3)n2Cc2ccccc2)cc1. The van der Waals surface area contributed by atoms with Gasteiger partial charge in [0.15, 0.2) is 0 Å². The molecule has 2 heterocycles. The van der Waals surface area contributed by atoms with Gasteiger partial charge in [0.2, 0.25) is 0 Å². The summed E-state index contributed by atoms with van der Waals surface area (Å²) in [5, 5.41) is 29.9. The van der Waals surface area contributed by atoms with Crippen molar-refractivity contribution in [3.05, 3.63) is 154 Å². The molecule has 39 heavy (non-hydrogen) atoms. The fourth-order valence-electron chi connectivity index (χ4n) is 4.79. The summed E-state index contributed by atoms with van der Waals surface area (Å²) in [6.07, 6.45) is 2.82. The Hall–Kier alpha value is -5.57. The molecule has 0 bridgehead atoms. The molecule has 0 saturated carbocycles. The molecule has 0 radical (unpaired) electrons. The number of aromatic nitrogens is 2. The minimum atomic E-state index is 0.0494. The van der Waals surface area contributed by atoms with Gasteiger partial charge in [-0.3, -0.25) is 0 Å². The molecule has 5 heteroatoms. The van der Waals surface area contributed by atoms with Gasteiger partial charge >= 0.3 is 0 Å². The molecule has 0 aliphatic heterocycles. The maximum Gasteiger partial charge on any atom is 0.136 e. The lowest BCUT2D eigenvalue weighted by atomic mass is 10.1. The van der Waals surface area contributed by atoms with Gasteiger partial charge in [-0.05, 0) is 40.6 Å². The third-order valence-electron chi connectivity index (χ3n) is 6.79. The van der Waals surface area contributed by atoms with Gasteiger partial charge in [0, 0.05) is 42.3 Å². The minimum absolute atomic E-state index is 0.0494. The van der Waals surface area contributed by atoms with Gasteiger partial charge < -0.3 is 9.13 Å². The molecular weight excluding hydrogens is 478 g/mol. The smallest absolute Gasteiger partial charge is 0.136 e. The Morgan fingerprint density at radius 2 is 1.18 bits per heavy atom. The Morgan fingerprint density at radius 3 is 1.79 bits per heavy atom. The summed E-state index contributed by atoms with van der Waals surface area (Å²) in [5.74, 6) is 0. The number of hydrogen-bond donors (Lipinski definition) is 0. The average Bonchev–Trinajstić information content (AvgIpc) is 3.58. The summed E-state index contributed by atoms with van der Waals surface area (Å²) in [5.41, 5.74) is 6.10. The monoisotopic (exact) mass is 503 g/mol. The highest BCUT2D eigenvalue weighted by Crippen LogP contribution is 2.22. The molecule has 5 nitrogen and oxygen atoms in total. The highest BCUT2D eigenvalue weighted by Gasteiger charge is 2.15. The number of nitrogens with zero attached hydrogens (tertiary/aromatic N) is 5. The molecule has 0 spiro atoms. The quantitative estimate of drug-likeness (QED) is 0.317. The van der Waals surface area contributed by atoms with Gasteiger partial charge in [-0.25, -0.2) is 0 Å². The van der Waals surface area contributed by atoms with Crippen molar-refractivity contribution in [1.82, 2.24) is 9.13 Å². The van der Waals surface area contributed by atoms with Gasteiger partial charge in [0.1, 0.15) is 23.8 Å². The van der Waals surface area contributed by atoms with E-state index in [2.05, 4.69) is 76.0 Å². The minimum Gasteiger partial charge on any atom is -0.347 e. The van der Waals surface area contributed by atoms with E-state index in [1.807, 2.05) is 42.5 Å². The van der Waals surface area contributed by atoms with Crippen molar-refractivity contribution in [2.45, 2.75) is 19.5 Å². The lowest BCUT2D eigenvalue weighted by Gasteiger charge is -2.15. The first kappa shape index (κ1) is 25.1. The van der Waals surface area contributed by atoms with E-state index in [4.69, 9.17) is 0 Å². The Kier molecular flexibility index (Phi) is 7.50. The fraction of sp³-hybridized carbons (Fsp3) is 0.0882. The molecule has 0 unspecified atom stereocenters. The largest absolute Gasteiger partial charge is 0.347 e. The lowest BCUT2D eigenvalue weighted by molar-refractivity contribution is 0.712. The zero-order valence-electron chi connectivity index (χ0n) is 21.3. The van der Waals surface area contributed by atoms with Crippen LogP contribution in [-0.2, 0) is 19.5 Å². The van der Waals surface area contributed by atoms with Crippen LogP contribution in [-0.4, -0.2) is 9.13 Å². The van der Waals surface area contributed by atoms with Crippen molar-refractivity contribution in [2.24, 2.45) is 0 Å². The van der Waals surface area contributed by atoms with Crippen LogP contribution in [0.3, 0.4) is 0 Å². The van der Waals surface area contributed by atoms with Crippen molar-refractivity contribution < 1.29 is 0 Å².